The molecule has 0 spiro atoms. The molecule has 2 aromatic rings. The Labute approximate surface area is 134 Å². The van der Waals surface area contributed by atoms with Gasteiger partial charge in [-0.15, -0.1) is 11.6 Å². The molecule has 5 heteroatoms. The molecule has 0 atom stereocenters. The van der Waals surface area contributed by atoms with Crippen molar-refractivity contribution in [3.63, 3.8) is 0 Å². The lowest BCUT2D eigenvalue weighted by molar-refractivity contribution is 0.170. The number of aromatic nitrogens is 2. The summed E-state index contributed by atoms with van der Waals surface area (Å²) in [5.41, 5.74) is 2.25. The van der Waals surface area contributed by atoms with Crippen molar-refractivity contribution >= 4 is 38.6 Å². The van der Waals surface area contributed by atoms with Gasteiger partial charge >= 0.3 is 0 Å². The number of halogens is 2. The summed E-state index contributed by atoms with van der Waals surface area (Å²) in [6, 6.07) is 6.25. The quantitative estimate of drug-likeness (QED) is 0.755. The molecule has 0 saturated heterocycles. The van der Waals surface area contributed by atoms with E-state index in [1.807, 2.05) is 0 Å². The zero-order valence-electron chi connectivity index (χ0n) is 12.5. The molecule has 0 saturated carbocycles. The summed E-state index contributed by atoms with van der Waals surface area (Å²) in [6.07, 6.45) is 0.789. The van der Waals surface area contributed by atoms with E-state index in [0.717, 1.165) is 28.8 Å². The third-order valence-corrected chi connectivity index (χ3v) is 4.55. The Balaban J connectivity index is 2.51. The van der Waals surface area contributed by atoms with E-state index >= 15 is 0 Å². The van der Waals surface area contributed by atoms with Crippen molar-refractivity contribution in [2.24, 2.45) is 0 Å². The summed E-state index contributed by atoms with van der Waals surface area (Å²) >= 11 is 9.43. The molecule has 110 valence electrons. The molecule has 0 radical (unpaired) electrons. The van der Waals surface area contributed by atoms with Crippen LogP contribution in [0.3, 0.4) is 0 Å². The molecule has 0 aliphatic rings. The fourth-order valence-corrected chi connectivity index (χ4v) is 2.65. The number of hydrogen-bond acceptors (Lipinski definition) is 2. The Morgan fingerprint density at radius 1 is 1.35 bits per heavy atom. The highest BCUT2D eigenvalue weighted by Crippen LogP contribution is 2.24. The molecule has 0 unspecified atom stereocenters. The van der Waals surface area contributed by atoms with Gasteiger partial charge in [0.05, 0.1) is 11.0 Å². The molecule has 0 amide bonds. The minimum atomic E-state index is 0.0573. The van der Waals surface area contributed by atoms with E-state index in [-0.39, 0.29) is 5.54 Å². The lowest BCUT2D eigenvalue weighted by Gasteiger charge is -2.33. The molecule has 0 N–H and O–H groups in total. The lowest BCUT2D eigenvalue weighted by atomic mass is 10.0. The Morgan fingerprint density at radius 3 is 2.65 bits per heavy atom. The van der Waals surface area contributed by atoms with Crippen LogP contribution in [0.5, 0.6) is 0 Å². The first kappa shape index (κ1) is 15.8. The third kappa shape index (κ3) is 3.18. The van der Waals surface area contributed by atoms with Gasteiger partial charge in [0.2, 0.25) is 0 Å². The fourth-order valence-electron chi connectivity index (χ4n) is 2.13. The highest BCUT2D eigenvalue weighted by Gasteiger charge is 2.23. The van der Waals surface area contributed by atoms with Gasteiger partial charge in [-0.05, 0) is 46.1 Å². The summed E-state index contributed by atoms with van der Waals surface area (Å²) in [5.74, 6) is 1.65. The standard InChI is InChI=1S/C15H21BrClN3/c1-15(2,19(3)4)10-20-13-6-5-11(16)9-12(13)18-14(20)7-8-17/h5-6,9H,7-8,10H2,1-4H3. The maximum Gasteiger partial charge on any atom is 0.111 e. The first-order valence-corrected chi connectivity index (χ1v) is 8.06. The average Bonchev–Trinajstić information content (AvgIpc) is 2.66. The van der Waals surface area contributed by atoms with Gasteiger partial charge in [-0.3, -0.25) is 0 Å². The summed E-state index contributed by atoms with van der Waals surface area (Å²) in [6.45, 7) is 5.37. The van der Waals surface area contributed by atoms with Crippen LogP contribution in [-0.4, -0.2) is 40.0 Å². The molecule has 0 aliphatic heterocycles. The van der Waals surface area contributed by atoms with Crippen LogP contribution < -0.4 is 0 Å². The van der Waals surface area contributed by atoms with Crippen molar-refractivity contribution in [2.45, 2.75) is 32.4 Å². The highest BCUT2D eigenvalue weighted by molar-refractivity contribution is 9.10. The van der Waals surface area contributed by atoms with Crippen LogP contribution in [0.4, 0.5) is 0 Å². The molecule has 20 heavy (non-hydrogen) atoms. The van der Waals surface area contributed by atoms with Gasteiger partial charge in [0, 0.05) is 28.9 Å². The minimum absolute atomic E-state index is 0.0573. The monoisotopic (exact) mass is 357 g/mol. The molecule has 2 rings (SSSR count). The maximum atomic E-state index is 5.93. The zero-order chi connectivity index (χ0) is 14.9. The second-order valence-electron chi connectivity index (χ2n) is 5.89. The molecular formula is C15H21BrClN3. The van der Waals surface area contributed by atoms with E-state index in [1.165, 1.54) is 5.52 Å². The number of rotatable bonds is 5. The molecule has 1 aromatic carbocycles. The summed E-state index contributed by atoms with van der Waals surface area (Å²) < 4.78 is 3.35. The van der Waals surface area contributed by atoms with Crippen molar-refractivity contribution < 1.29 is 0 Å². The van der Waals surface area contributed by atoms with Crippen LogP contribution in [0.15, 0.2) is 22.7 Å². The third-order valence-electron chi connectivity index (χ3n) is 3.86. The first-order chi connectivity index (χ1) is 9.35. The molecule has 0 fully saturated rings. The van der Waals surface area contributed by atoms with Crippen LogP contribution in [-0.2, 0) is 13.0 Å². The predicted molar refractivity (Wildman–Crippen MR) is 89.6 cm³/mol. The molecule has 0 aliphatic carbocycles. The van der Waals surface area contributed by atoms with Crippen molar-refractivity contribution in [3.8, 4) is 0 Å². The number of hydrogen-bond donors (Lipinski definition) is 0. The van der Waals surface area contributed by atoms with Crippen molar-refractivity contribution in [2.75, 3.05) is 20.0 Å². The van der Waals surface area contributed by atoms with Gasteiger partial charge in [-0.2, -0.15) is 0 Å². The van der Waals surface area contributed by atoms with Gasteiger partial charge in [0.15, 0.2) is 0 Å². The van der Waals surface area contributed by atoms with Crippen molar-refractivity contribution in [1.29, 1.82) is 0 Å². The van der Waals surface area contributed by atoms with E-state index in [9.17, 15) is 0 Å². The number of fused-ring (bicyclic) bond motifs is 1. The minimum Gasteiger partial charge on any atom is -0.326 e. The first-order valence-electron chi connectivity index (χ1n) is 6.73. The molecule has 1 aromatic heterocycles. The number of aryl methyl sites for hydroxylation is 1. The van der Waals surface area contributed by atoms with Crippen LogP contribution in [0.2, 0.25) is 0 Å². The molecular weight excluding hydrogens is 338 g/mol. The summed E-state index contributed by atoms with van der Waals surface area (Å²) in [4.78, 5) is 6.98. The van der Waals surface area contributed by atoms with Crippen molar-refractivity contribution in [1.82, 2.24) is 14.5 Å². The number of likely N-dealkylation sites (N-methyl/N-ethyl adjacent to an activating group) is 1. The Bertz CT molecular complexity index is 604. The largest absolute Gasteiger partial charge is 0.326 e. The van der Waals surface area contributed by atoms with E-state index in [2.05, 4.69) is 71.5 Å². The molecule has 0 bridgehead atoms. The molecule has 3 nitrogen and oxygen atoms in total. The number of nitrogens with zero attached hydrogens (tertiary/aromatic N) is 3. The predicted octanol–water partition coefficient (Wildman–Crippen LogP) is 3.92. The molecule has 1 heterocycles. The van der Waals surface area contributed by atoms with Crippen LogP contribution >= 0.6 is 27.5 Å². The Kier molecular flexibility index (Phi) is 4.77. The normalized spacial score (nSPS) is 12.6. The van der Waals surface area contributed by atoms with Gasteiger partial charge in [-0.25, -0.2) is 4.98 Å². The van der Waals surface area contributed by atoms with Crippen LogP contribution in [0.1, 0.15) is 19.7 Å². The summed E-state index contributed by atoms with van der Waals surface area (Å²) in [7, 11) is 4.22. The lowest BCUT2D eigenvalue weighted by Crippen LogP contribution is -2.42. The van der Waals surface area contributed by atoms with E-state index < -0.39 is 0 Å². The van der Waals surface area contributed by atoms with Crippen molar-refractivity contribution in [3.05, 3.63) is 28.5 Å². The number of imidazole rings is 1. The maximum absolute atomic E-state index is 5.93. The Morgan fingerprint density at radius 2 is 2.05 bits per heavy atom. The number of alkyl halides is 1. The van der Waals surface area contributed by atoms with Gasteiger partial charge in [0.1, 0.15) is 5.82 Å². The van der Waals surface area contributed by atoms with Gasteiger partial charge in [-0.1, -0.05) is 15.9 Å². The van der Waals surface area contributed by atoms with Gasteiger partial charge in [0.25, 0.3) is 0 Å². The van der Waals surface area contributed by atoms with Crippen LogP contribution in [0.25, 0.3) is 11.0 Å². The second kappa shape index (κ2) is 6.04. The van der Waals surface area contributed by atoms with Crippen LogP contribution in [0, 0.1) is 0 Å². The highest BCUT2D eigenvalue weighted by atomic mass is 79.9. The SMILES string of the molecule is CN(C)C(C)(C)Cn1c(CCCl)nc2cc(Br)ccc21. The fraction of sp³-hybridized carbons (Fsp3) is 0.533. The van der Waals surface area contributed by atoms with E-state index in [4.69, 9.17) is 16.6 Å². The zero-order valence-corrected chi connectivity index (χ0v) is 14.8. The number of benzene rings is 1. The topological polar surface area (TPSA) is 21.1 Å². The Hall–Kier alpha value is -0.580. The van der Waals surface area contributed by atoms with E-state index in [0.29, 0.717) is 5.88 Å². The second-order valence-corrected chi connectivity index (χ2v) is 7.19. The average molecular weight is 359 g/mol. The van der Waals surface area contributed by atoms with Gasteiger partial charge < -0.3 is 9.47 Å². The smallest absolute Gasteiger partial charge is 0.111 e. The summed E-state index contributed by atoms with van der Waals surface area (Å²) in [5, 5.41) is 0. The van der Waals surface area contributed by atoms with E-state index in [1.54, 1.807) is 0 Å².